The summed E-state index contributed by atoms with van der Waals surface area (Å²) in [6.07, 6.45) is 1.62. The van der Waals surface area contributed by atoms with Crippen LogP contribution in [0.15, 0.2) is 16.8 Å². The van der Waals surface area contributed by atoms with Crippen LogP contribution in [0.3, 0.4) is 0 Å². The van der Waals surface area contributed by atoms with E-state index >= 15 is 0 Å². The first kappa shape index (κ1) is 6.50. The Morgan fingerprint density at radius 3 is 3.00 bits per heavy atom. The molecule has 0 heterocycles. The average Bonchev–Trinajstić information content (AvgIpc) is 1.69. The Bertz CT molecular complexity index is 72.1. The van der Waals surface area contributed by atoms with E-state index in [2.05, 4.69) is 16.7 Å². The second kappa shape index (κ2) is 5.50. The summed E-state index contributed by atoms with van der Waals surface area (Å²) in [5, 5.41) is 3.11. The summed E-state index contributed by atoms with van der Waals surface area (Å²) in [5.74, 6) is 0. The van der Waals surface area contributed by atoms with Crippen LogP contribution in [0.25, 0.3) is 0 Å². The predicted octanol–water partition coefficient (Wildman–Crippen LogP) is 1.37. The summed E-state index contributed by atoms with van der Waals surface area (Å²) in [4.78, 5) is 4.42. The molecule has 0 aliphatic carbocycles. The van der Waals surface area contributed by atoms with Crippen LogP contribution in [0.2, 0.25) is 0 Å². The van der Waals surface area contributed by atoms with Crippen LogP contribution in [0.4, 0.5) is 0 Å². The maximum atomic E-state index is 5.11. The third-order valence-corrected chi connectivity index (χ3v) is 0.529. The molecule has 0 aliphatic rings. The van der Waals surface area contributed by atoms with E-state index < -0.39 is 0 Å². The van der Waals surface area contributed by atoms with E-state index in [1.54, 1.807) is 6.08 Å². The van der Waals surface area contributed by atoms with Gasteiger partial charge in [-0.25, -0.2) is 0 Å². The minimum absolute atomic E-state index is 0.396. The van der Waals surface area contributed by atoms with Crippen molar-refractivity contribution in [3.05, 3.63) is 11.6 Å². The molecular formula is C4H6ClNO. The zero-order chi connectivity index (χ0) is 5.54. The summed E-state index contributed by atoms with van der Waals surface area (Å²) in [7, 11) is 0. The zero-order valence-electron chi connectivity index (χ0n) is 3.80. The molecule has 0 saturated heterocycles. The molecule has 0 spiro atoms. The van der Waals surface area contributed by atoms with Crippen molar-refractivity contribution in [1.82, 2.24) is 0 Å². The standard InChI is InChI=1S/C4H6ClNO/c1-6-7-4-2-3-5/h2-3H,1,4H2. The smallest absolute Gasteiger partial charge is 0.136 e. The second-order valence-corrected chi connectivity index (χ2v) is 1.04. The molecule has 0 aromatic carbocycles. The monoisotopic (exact) mass is 119 g/mol. The number of hydrogen-bond acceptors (Lipinski definition) is 2. The highest BCUT2D eigenvalue weighted by atomic mass is 35.5. The number of oxime groups is 1. The quantitative estimate of drug-likeness (QED) is 0.312. The van der Waals surface area contributed by atoms with E-state index in [0.29, 0.717) is 6.61 Å². The van der Waals surface area contributed by atoms with Crippen molar-refractivity contribution < 1.29 is 4.84 Å². The van der Waals surface area contributed by atoms with Crippen molar-refractivity contribution in [3.8, 4) is 0 Å². The molecule has 0 aromatic rings. The summed E-state index contributed by atoms with van der Waals surface area (Å²) in [6, 6.07) is 0. The molecule has 0 fully saturated rings. The Morgan fingerprint density at radius 1 is 1.86 bits per heavy atom. The summed E-state index contributed by atoms with van der Waals surface area (Å²) in [5.41, 5.74) is 1.37. The van der Waals surface area contributed by atoms with Crippen molar-refractivity contribution in [2.45, 2.75) is 0 Å². The molecule has 0 radical (unpaired) electrons. The maximum Gasteiger partial charge on any atom is 0.136 e. The third kappa shape index (κ3) is 5.50. The first-order valence-electron chi connectivity index (χ1n) is 1.75. The van der Waals surface area contributed by atoms with Gasteiger partial charge in [0.05, 0.1) is 0 Å². The first-order chi connectivity index (χ1) is 3.41. The molecule has 2 nitrogen and oxygen atoms in total. The van der Waals surface area contributed by atoms with Gasteiger partial charge >= 0.3 is 0 Å². The Balaban J connectivity index is 2.82. The predicted molar refractivity (Wildman–Crippen MR) is 30.5 cm³/mol. The molecule has 0 saturated carbocycles. The highest BCUT2D eigenvalue weighted by Gasteiger charge is 1.67. The van der Waals surface area contributed by atoms with Crippen molar-refractivity contribution in [2.75, 3.05) is 6.61 Å². The van der Waals surface area contributed by atoms with Crippen molar-refractivity contribution >= 4 is 18.3 Å². The van der Waals surface area contributed by atoms with Crippen LogP contribution in [-0.2, 0) is 4.84 Å². The van der Waals surface area contributed by atoms with Gasteiger partial charge in [0.2, 0.25) is 0 Å². The first-order valence-corrected chi connectivity index (χ1v) is 2.18. The number of hydrogen-bond donors (Lipinski definition) is 0. The van der Waals surface area contributed by atoms with Crippen molar-refractivity contribution in [2.24, 2.45) is 5.16 Å². The SMILES string of the molecule is C=NOCC=CCl. The van der Waals surface area contributed by atoms with Crippen molar-refractivity contribution in [3.63, 3.8) is 0 Å². The molecule has 0 rings (SSSR count). The van der Waals surface area contributed by atoms with E-state index in [1.807, 2.05) is 0 Å². The van der Waals surface area contributed by atoms with Crippen LogP contribution in [0, 0.1) is 0 Å². The molecule has 7 heavy (non-hydrogen) atoms. The molecule has 0 bridgehead atoms. The minimum atomic E-state index is 0.396. The largest absolute Gasteiger partial charge is 0.392 e. The van der Waals surface area contributed by atoms with Gasteiger partial charge in [-0.3, -0.25) is 0 Å². The lowest BCUT2D eigenvalue weighted by molar-refractivity contribution is 0.178. The summed E-state index contributed by atoms with van der Waals surface area (Å²) >= 11 is 5.11. The Hall–Kier alpha value is -0.500. The van der Waals surface area contributed by atoms with E-state index in [1.165, 1.54) is 5.54 Å². The van der Waals surface area contributed by atoms with Crippen LogP contribution >= 0.6 is 11.6 Å². The fourth-order valence-corrected chi connectivity index (χ4v) is 0.205. The fraction of sp³-hybridized carbons (Fsp3) is 0.250. The third-order valence-electron chi connectivity index (χ3n) is 0.351. The Kier molecular flexibility index (Phi) is 5.11. The van der Waals surface area contributed by atoms with Gasteiger partial charge in [0.1, 0.15) is 6.61 Å². The van der Waals surface area contributed by atoms with Gasteiger partial charge in [-0.05, 0) is 6.08 Å². The molecule has 0 amide bonds. The van der Waals surface area contributed by atoms with E-state index in [9.17, 15) is 0 Å². The zero-order valence-corrected chi connectivity index (χ0v) is 4.56. The van der Waals surface area contributed by atoms with Gasteiger partial charge in [0, 0.05) is 12.3 Å². The molecule has 3 heteroatoms. The maximum absolute atomic E-state index is 5.11. The van der Waals surface area contributed by atoms with Gasteiger partial charge in [-0.2, -0.15) is 0 Å². The number of nitrogens with zero attached hydrogens (tertiary/aromatic N) is 1. The van der Waals surface area contributed by atoms with E-state index in [4.69, 9.17) is 11.6 Å². The second-order valence-electron chi connectivity index (χ2n) is 0.787. The minimum Gasteiger partial charge on any atom is -0.392 e. The summed E-state index contributed by atoms with van der Waals surface area (Å²) in [6.45, 7) is 3.48. The van der Waals surface area contributed by atoms with Gasteiger partial charge in [-0.1, -0.05) is 11.6 Å². The van der Waals surface area contributed by atoms with Crippen molar-refractivity contribution in [1.29, 1.82) is 0 Å². The highest BCUT2D eigenvalue weighted by Crippen LogP contribution is 1.78. The topological polar surface area (TPSA) is 21.6 Å². The van der Waals surface area contributed by atoms with Gasteiger partial charge in [0.25, 0.3) is 0 Å². The normalized spacial score (nSPS) is 9.29. The van der Waals surface area contributed by atoms with Crippen LogP contribution < -0.4 is 0 Å². The highest BCUT2D eigenvalue weighted by molar-refractivity contribution is 6.25. The molecule has 0 N–H and O–H groups in total. The van der Waals surface area contributed by atoms with Crippen LogP contribution in [-0.4, -0.2) is 13.3 Å². The van der Waals surface area contributed by atoms with Gasteiger partial charge in [-0.15, -0.1) is 5.16 Å². The Labute approximate surface area is 47.4 Å². The fourth-order valence-electron chi connectivity index (χ4n) is 0.132. The number of rotatable bonds is 3. The molecule has 0 atom stereocenters. The molecule has 40 valence electrons. The molecule has 0 aromatic heterocycles. The van der Waals surface area contributed by atoms with E-state index in [0.717, 1.165) is 0 Å². The van der Waals surface area contributed by atoms with Crippen LogP contribution in [0.1, 0.15) is 0 Å². The number of halogens is 1. The van der Waals surface area contributed by atoms with Gasteiger partial charge in [0.15, 0.2) is 0 Å². The van der Waals surface area contributed by atoms with Gasteiger partial charge < -0.3 is 4.84 Å². The average molecular weight is 120 g/mol. The summed E-state index contributed by atoms with van der Waals surface area (Å²) < 4.78 is 0. The lowest BCUT2D eigenvalue weighted by Crippen LogP contribution is -1.76. The molecule has 0 unspecified atom stereocenters. The van der Waals surface area contributed by atoms with E-state index in [-0.39, 0.29) is 0 Å². The van der Waals surface area contributed by atoms with Crippen LogP contribution in [0.5, 0.6) is 0 Å². The lowest BCUT2D eigenvalue weighted by Gasteiger charge is -1.85. The Morgan fingerprint density at radius 2 is 2.57 bits per heavy atom. The molecule has 0 aliphatic heterocycles. The lowest BCUT2D eigenvalue weighted by atomic mass is 10.7. The molecular weight excluding hydrogens is 114 g/mol.